The van der Waals surface area contributed by atoms with Crippen LogP contribution in [0.15, 0.2) is 28.4 Å². The van der Waals surface area contributed by atoms with E-state index in [4.69, 9.17) is 11.6 Å². The van der Waals surface area contributed by atoms with E-state index in [9.17, 15) is 4.79 Å². The van der Waals surface area contributed by atoms with Gasteiger partial charge < -0.3 is 5.32 Å². The second kappa shape index (κ2) is 4.88. The number of hydrogen-bond donors (Lipinski definition) is 1. The van der Waals surface area contributed by atoms with Gasteiger partial charge in [-0.1, -0.05) is 11.6 Å². The average molecular weight is 307 g/mol. The van der Waals surface area contributed by atoms with E-state index in [2.05, 4.69) is 15.3 Å². The number of fused-ring (bicyclic) bond motifs is 1. The minimum absolute atomic E-state index is 0.376. The quantitative estimate of drug-likeness (QED) is 0.791. The van der Waals surface area contributed by atoms with Crippen molar-refractivity contribution < 1.29 is 0 Å². The van der Waals surface area contributed by atoms with Crippen molar-refractivity contribution in [1.29, 1.82) is 0 Å². The first kappa shape index (κ1) is 13.1. The van der Waals surface area contributed by atoms with Gasteiger partial charge in [0.15, 0.2) is 5.13 Å². The molecule has 0 saturated heterocycles. The molecule has 1 N–H and O–H groups in total. The highest BCUT2D eigenvalue weighted by molar-refractivity contribution is 7.12. The maximum atomic E-state index is 12.3. The molecule has 3 aromatic rings. The number of aromatic nitrogens is 3. The Bertz CT molecular complexity index is 855. The van der Waals surface area contributed by atoms with Crippen molar-refractivity contribution in [2.24, 2.45) is 0 Å². The molecule has 0 unspecified atom stereocenters. The van der Waals surface area contributed by atoms with Gasteiger partial charge in [0.25, 0.3) is 0 Å². The van der Waals surface area contributed by atoms with Gasteiger partial charge >= 0.3 is 5.69 Å². The van der Waals surface area contributed by atoms with Gasteiger partial charge in [-0.25, -0.2) is 14.3 Å². The molecule has 102 valence electrons. The van der Waals surface area contributed by atoms with Crippen molar-refractivity contribution in [2.75, 3.05) is 12.4 Å². The minimum Gasteiger partial charge on any atom is -0.372 e. The highest BCUT2D eigenvalue weighted by atomic mass is 35.5. The van der Waals surface area contributed by atoms with Crippen LogP contribution in [0.1, 0.15) is 5.69 Å². The van der Waals surface area contributed by atoms with Crippen molar-refractivity contribution in [3.05, 3.63) is 44.8 Å². The van der Waals surface area contributed by atoms with Crippen LogP contribution in [0.5, 0.6) is 0 Å². The highest BCUT2D eigenvalue weighted by Gasteiger charge is 2.13. The topological polar surface area (TPSA) is 59.8 Å². The lowest BCUT2D eigenvalue weighted by molar-refractivity contribution is 0.942. The molecular formula is C13H11ClN4OS. The zero-order valence-electron chi connectivity index (χ0n) is 10.8. The fraction of sp³-hybridized carbons (Fsp3) is 0.154. The Morgan fingerprint density at radius 1 is 1.35 bits per heavy atom. The summed E-state index contributed by atoms with van der Waals surface area (Å²) in [6.07, 6.45) is 0. The zero-order chi connectivity index (χ0) is 14.3. The van der Waals surface area contributed by atoms with Gasteiger partial charge in [0.2, 0.25) is 0 Å². The SMILES string of the molecule is CNc1nc(=O)n(-c2nc(C)cs2)c2cc(Cl)ccc12. The Balaban J connectivity index is 2.45. The number of nitrogens with one attached hydrogen (secondary N) is 1. The summed E-state index contributed by atoms with van der Waals surface area (Å²) in [6, 6.07) is 5.36. The van der Waals surface area contributed by atoms with Crippen LogP contribution >= 0.6 is 22.9 Å². The summed E-state index contributed by atoms with van der Waals surface area (Å²) < 4.78 is 1.49. The van der Waals surface area contributed by atoms with Crippen LogP contribution in [-0.2, 0) is 0 Å². The third-order valence-electron chi connectivity index (χ3n) is 2.89. The summed E-state index contributed by atoms with van der Waals surface area (Å²) in [6.45, 7) is 1.88. The number of rotatable bonds is 2. The van der Waals surface area contributed by atoms with E-state index >= 15 is 0 Å². The lowest BCUT2D eigenvalue weighted by Gasteiger charge is -2.10. The molecule has 1 aromatic carbocycles. The molecule has 0 saturated carbocycles. The Morgan fingerprint density at radius 2 is 2.15 bits per heavy atom. The molecule has 0 radical (unpaired) electrons. The fourth-order valence-electron chi connectivity index (χ4n) is 2.02. The van der Waals surface area contributed by atoms with Gasteiger partial charge in [-0.2, -0.15) is 4.98 Å². The zero-order valence-corrected chi connectivity index (χ0v) is 12.4. The van der Waals surface area contributed by atoms with Crippen LogP contribution in [0, 0.1) is 6.92 Å². The normalized spacial score (nSPS) is 10.9. The molecule has 3 rings (SSSR count). The standard InChI is InChI=1S/C13H11ClN4OS/c1-7-6-20-13(16-7)18-10-5-8(14)3-4-9(10)11(15-2)17-12(18)19/h3-6H,1-2H3,(H,15,17,19). The summed E-state index contributed by atoms with van der Waals surface area (Å²) in [7, 11) is 1.73. The number of benzene rings is 1. The fourth-order valence-corrected chi connectivity index (χ4v) is 2.99. The number of thiazole rings is 1. The molecule has 20 heavy (non-hydrogen) atoms. The molecule has 0 atom stereocenters. The lowest BCUT2D eigenvalue weighted by atomic mass is 10.2. The van der Waals surface area contributed by atoms with Crippen LogP contribution in [0.25, 0.3) is 16.0 Å². The number of anilines is 1. The molecule has 0 fully saturated rings. The third kappa shape index (κ3) is 2.07. The first-order valence-electron chi connectivity index (χ1n) is 5.92. The van der Waals surface area contributed by atoms with E-state index in [0.29, 0.717) is 21.5 Å². The van der Waals surface area contributed by atoms with Gasteiger partial charge in [0.05, 0.1) is 11.2 Å². The molecule has 0 bridgehead atoms. The molecule has 2 aromatic heterocycles. The molecule has 0 aliphatic heterocycles. The molecule has 2 heterocycles. The van der Waals surface area contributed by atoms with Crippen molar-refractivity contribution in [3.63, 3.8) is 0 Å². The van der Waals surface area contributed by atoms with Gasteiger partial charge in [0, 0.05) is 22.8 Å². The summed E-state index contributed by atoms with van der Waals surface area (Å²) >= 11 is 7.46. The Hall–Kier alpha value is -1.92. The van der Waals surface area contributed by atoms with Crippen molar-refractivity contribution >= 4 is 39.7 Å². The first-order chi connectivity index (χ1) is 9.60. The molecule has 0 amide bonds. The molecule has 5 nitrogen and oxygen atoms in total. The average Bonchev–Trinajstić information content (AvgIpc) is 2.83. The number of aryl methyl sites for hydroxylation is 1. The third-order valence-corrected chi connectivity index (χ3v) is 4.07. The predicted molar refractivity (Wildman–Crippen MR) is 82.3 cm³/mol. The second-order valence-corrected chi connectivity index (χ2v) is 5.53. The Morgan fingerprint density at radius 3 is 2.80 bits per heavy atom. The highest BCUT2D eigenvalue weighted by Crippen LogP contribution is 2.25. The largest absolute Gasteiger partial charge is 0.372 e. The van der Waals surface area contributed by atoms with Gasteiger partial charge in [0.1, 0.15) is 5.82 Å². The summed E-state index contributed by atoms with van der Waals surface area (Å²) in [5.41, 5.74) is 1.18. The predicted octanol–water partition coefficient (Wildman–Crippen LogP) is 2.85. The first-order valence-corrected chi connectivity index (χ1v) is 7.18. The molecule has 0 aliphatic rings. The molecule has 0 spiro atoms. The van der Waals surface area contributed by atoms with E-state index in [1.807, 2.05) is 18.4 Å². The number of hydrogen-bond acceptors (Lipinski definition) is 5. The van der Waals surface area contributed by atoms with Crippen LogP contribution in [-0.4, -0.2) is 21.6 Å². The Labute approximate surface area is 123 Å². The summed E-state index contributed by atoms with van der Waals surface area (Å²) in [5, 5.41) is 6.80. The van der Waals surface area contributed by atoms with Gasteiger partial charge in [-0.05, 0) is 25.1 Å². The summed E-state index contributed by atoms with van der Waals surface area (Å²) in [5.74, 6) is 0.534. The second-order valence-electron chi connectivity index (χ2n) is 4.26. The van der Waals surface area contributed by atoms with Crippen molar-refractivity contribution in [1.82, 2.24) is 14.5 Å². The van der Waals surface area contributed by atoms with Crippen LogP contribution in [0.3, 0.4) is 0 Å². The maximum absolute atomic E-state index is 12.3. The van der Waals surface area contributed by atoms with E-state index < -0.39 is 0 Å². The van der Waals surface area contributed by atoms with E-state index in [0.717, 1.165) is 11.1 Å². The van der Waals surface area contributed by atoms with Crippen LogP contribution < -0.4 is 11.0 Å². The number of nitrogens with zero attached hydrogens (tertiary/aromatic N) is 3. The molecule has 7 heteroatoms. The minimum atomic E-state index is -0.376. The van der Waals surface area contributed by atoms with E-state index in [-0.39, 0.29) is 5.69 Å². The van der Waals surface area contributed by atoms with Crippen LogP contribution in [0.4, 0.5) is 5.82 Å². The van der Waals surface area contributed by atoms with Crippen LogP contribution in [0.2, 0.25) is 5.02 Å². The molecular weight excluding hydrogens is 296 g/mol. The number of halogens is 1. The smallest absolute Gasteiger partial charge is 0.356 e. The maximum Gasteiger partial charge on any atom is 0.356 e. The molecule has 0 aliphatic carbocycles. The van der Waals surface area contributed by atoms with Crippen molar-refractivity contribution in [3.8, 4) is 5.13 Å². The van der Waals surface area contributed by atoms with Gasteiger partial charge in [-0.3, -0.25) is 0 Å². The van der Waals surface area contributed by atoms with E-state index in [1.165, 1.54) is 15.9 Å². The summed E-state index contributed by atoms with van der Waals surface area (Å²) in [4.78, 5) is 20.7. The van der Waals surface area contributed by atoms with Gasteiger partial charge in [-0.15, -0.1) is 11.3 Å². The Kier molecular flexibility index (Phi) is 3.19. The lowest BCUT2D eigenvalue weighted by Crippen LogP contribution is -2.23. The van der Waals surface area contributed by atoms with E-state index in [1.54, 1.807) is 19.2 Å². The monoisotopic (exact) mass is 306 g/mol. The van der Waals surface area contributed by atoms with Crippen molar-refractivity contribution in [2.45, 2.75) is 6.92 Å².